The number of nitriles is 1. The number of anilines is 1. The van der Waals surface area contributed by atoms with Gasteiger partial charge in [-0.2, -0.15) is 5.26 Å². The fourth-order valence-corrected chi connectivity index (χ4v) is 2.32. The molecule has 0 bridgehead atoms. The zero-order valence-corrected chi connectivity index (χ0v) is 13.0. The first-order valence-corrected chi connectivity index (χ1v) is 7.24. The van der Waals surface area contributed by atoms with Gasteiger partial charge in [0.2, 0.25) is 5.91 Å². The highest BCUT2D eigenvalue weighted by Crippen LogP contribution is 2.28. The van der Waals surface area contributed by atoms with E-state index >= 15 is 0 Å². The van der Waals surface area contributed by atoms with Gasteiger partial charge in [-0.05, 0) is 18.2 Å². The Hall–Kier alpha value is -3.48. The second kappa shape index (κ2) is 6.56. The lowest BCUT2D eigenvalue weighted by molar-refractivity contribution is -0.119. The molecule has 25 heavy (non-hydrogen) atoms. The van der Waals surface area contributed by atoms with Crippen LogP contribution in [-0.4, -0.2) is 41.4 Å². The highest BCUT2D eigenvalue weighted by Gasteiger charge is 2.32. The van der Waals surface area contributed by atoms with E-state index in [1.54, 1.807) is 6.07 Å². The van der Waals surface area contributed by atoms with Gasteiger partial charge in [-0.15, -0.1) is 5.10 Å². The number of halogens is 1. The maximum absolute atomic E-state index is 14.3. The Bertz CT molecular complexity index is 875. The van der Waals surface area contributed by atoms with Gasteiger partial charge in [0.05, 0.1) is 24.3 Å². The molecule has 1 saturated heterocycles. The summed E-state index contributed by atoms with van der Waals surface area (Å²) < 4.78 is 24.4. The zero-order chi connectivity index (χ0) is 18.0. The van der Waals surface area contributed by atoms with E-state index in [9.17, 15) is 14.0 Å². The van der Waals surface area contributed by atoms with Crippen LogP contribution in [0.2, 0.25) is 0 Å². The molecule has 0 saturated carbocycles. The van der Waals surface area contributed by atoms with Crippen molar-refractivity contribution in [1.82, 2.24) is 15.5 Å². The van der Waals surface area contributed by atoms with Crippen LogP contribution in [0.5, 0.6) is 0 Å². The van der Waals surface area contributed by atoms with Gasteiger partial charge in [-0.1, -0.05) is 5.10 Å². The highest BCUT2D eigenvalue weighted by molar-refractivity contribution is 5.90. The summed E-state index contributed by atoms with van der Waals surface area (Å²) in [5.41, 5.74) is 0.303. The number of ether oxygens (including phenoxy) is 1. The molecule has 1 fully saturated rings. The van der Waals surface area contributed by atoms with Crippen LogP contribution >= 0.6 is 0 Å². The molecule has 0 radical (unpaired) electrons. The molecular weight excluding hydrogens is 333 g/mol. The van der Waals surface area contributed by atoms with E-state index in [1.807, 2.05) is 0 Å². The van der Waals surface area contributed by atoms with Crippen molar-refractivity contribution in [2.24, 2.45) is 0 Å². The van der Waals surface area contributed by atoms with Gasteiger partial charge in [-0.25, -0.2) is 9.18 Å². The van der Waals surface area contributed by atoms with Crippen LogP contribution in [-0.2, 0) is 9.53 Å². The summed E-state index contributed by atoms with van der Waals surface area (Å²) in [5, 5.41) is 18.3. The zero-order valence-electron chi connectivity index (χ0n) is 13.0. The van der Waals surface area contributed by atoms with Crippen LogP contribution in [0.25, 0.3) is 11.5 Å². The average molecular weight is 345 g/mol. The van der Waals surface area contributed by atoms with Crippen molar-refractivity contribution in [3.63, 3.8) is 0 Å². The van der Waals surface area contributed by atoms with Crippen LogP contribution in [0.4, 0.5) is 14.9 Å². The Morgan fingerprint density at radius 2 is 2.32 bits per heavy atom. The van der Waals surface area contributed by atoms with E-state index in [4.69, 9.17) is 14.4 Å². The molecule has 128 valence electrons. The number of rotatable bonds is 4. The number of carbonyl (C=O) groups is 2. The fourth-order valence-electron chi connectivity index (χ4n) is 2.32. The number of nitrogens with zero attached hydrogens (tertiary/aromatic N) is 4. The van der Waals surface area contributed by atoms with Crippen molar-refractivity contribution in [2.75, 3.05) is 18.0 Å². The number of nitrogens with one attached hydrogen (secondary N) is 1. The van der Waals surface area contributed by atoms with Crippen LogP contribution in [0.15, 0.2) is 22.6 Å². The predicted molar refractivity (Wildman–Crippen MR) is 80.7 cm³/mol. The molecule has 9 nitrogen and oxygen atoms in total. The van der Waals surface area contributed by atoms with Gasteiger partial charge in [0, 0.05) is 6.92 Å². The van der Waals surface area contributed by atoms with Crippen molar-refractivity contribution in [1.29, 1.82) is 5.26 Å². The summed E-state index contributed by atoms with van der Waals surface area (Å²) in [6, 6.07) is 5.66. The molecule has 1 N–H and O–H groups in total. The lowest BCUT2D eigenvalue weighted by atomic mass is 10.1. The summed E-state index contributed by atoms with van der Waals surface area (Å²) in [6.07, 6.45) is -1.15. The van der Waals surface area contributed by atoms with Gasteiger partial charge >= 0.3 is 12.0 Å². The van der Waals surface area contributed by atoms with E-state index in [-0.39, 0.29) is 42.0 Å². The summed E-state index contributed by atoms with van der Waals surface area (Å²) in [4.78, 5) is 24.1. The minimum Gasteiger partial charge on any atom is -0.442 e. The monoisotopic (exact) mass is 345 g/mol. The Labute approximate surface area is 141 Å². The second-order valence-electron chi connectivity index (χ2n) is 5.24. The molecule has 1 aliphatic heterocycles. The first kappa shape index (κ1) is 16.4. The maximum atomic E-state index is 14.3. The topological polar surface area (TPSA) is 121 Å². The van der Waals surface area contributed by atoms with E-state index in [1.165, 1.54) is 24.0 Å². The number of aromatic nitrogens is 2. The van der Waals surface area contributed by atoms with E-state index in [0.29, 0.717) is 0 Å². The van der Waals surface area contributed by atoms with Gasteiger partial charge in [0.1, 0.15) is 11.9 Å². The normalized spacial score (nSPS) is 16.4. The molecule has 10 heteroatoms. The molecule has 0 aliphatic carbocycles. The van der Waals surface area contributed by atoms with E-state index < -0.39 is 18.0 Å². The molecular formula is C15H12FN5O4. The van der Waals surface area contributed by atoms with Gasteiger partial charge in [0.25, 0.3) is 5.89 Å². The molecule has 3 rings (SSSR count). The number of hydrogen-bond acceptors (Lipinski definition) is 7. The molecule has 2 heterocycles. The lowest BCUT2D eigenvalue weighted by Gasteiger charge is -2.13. The third kappa shape index (κ3) is 3.40. The maximum Gasteiger partial charge on any atom is 0.414 e. The average Bonchev–Trinajstić information content (AvgIpc) is 3.19. The van der Waals surface area contributed by atoms with Crippen LogP contribution < -0.4 is 10.2 Å². The molecule has 1 atom stereocenters. The number of cyclic esters (lactones) is 1. The first-order chi connectivity index (χ1) is 12.0. The third-order valence-electron chi connectivity index (χ3n) is 3.47. The van der Waals surface area contributed by atoms with Crippen LogP contribution in [0.1, 0.15) is 12.8 Å². The lowest BCUT2D eigenvalue weighted by Crippen LogP contribution is -2.33. The first-order valence-electron chi connectivity index (χ1n) is 7.24. The second-order valence-corrected chi connectivity index (χ2v) is 5.24. The van der Waals surface area contributed by atoms with Crippen molar-refractivity contribution in [3.8, 4) is 17.5 Å². The largest absolute Gasteiger partial charge is 0.442 e. The van der Waals surface area contributed by atoms with Crippen LogP contribution in [0, 0.1) is 17.1 Å². The SMILES string of the molecule is CC(=O)NCC1CN(c2ccc(-c3nnc(C#N)o3)c(F)c2)C(=O)O1. The number of carbonyl (C=O) groups excluding carboxylic acids is 2. The van der Waals surface area contributed by atoms with Crippen molar-refractivity contribution < 1.29 is 23.1 Å². The van der Waals surface area contributed by atoms with Gasteiger partial charge in [0.15, 0.2) is 6.07 Å². The highest BCUT2D eigenvalue weighted by atomic mass is 19.1. The number of amides is 2. The Balaban J connectivity index is 1.77. The Morgan fingerprint density at radius 1 is 1.52 bits per heavy atom. The summed E-state index contributed by atoms with van der Waals surface area (Å²) in [5.74, 6) is -1.33. The Kier molecular flexibility index (Phi) is 4.30. The molecule has 1 aromatic heterocycles. The molecule has 1 unspecified atom stereocenters. The van der Waals surface area contributed by atoms with Crippen molar-refractivity contribution >= 4 is 17.7 Å². The Morgan fingerprint density at radius 3 is 2.96 bits per heavy atom. The minimum atomic E-state index is -0.691. The summed E-state index contributed by atoms with van der Waals surface area (Å²) in [7, 11) is 0. The standard InChI is InChI=1S/C15H12FN5O4/c1-8(22)18-6-10-7-21(15(23)24-10)9-2-3-11(12(16)4-9)14-20-19-13(5-17)25-14/h2-4,10H,6-7H2,1H3,(H,18,22). The minimum absolute atomic E-state index is 0.0140. The molecule has 1 aromatic carbocycles. The molecule has 1 aliphatic rings. The van der Waals surface area contributed by atoms with Gasteiger partial charge < -0.3 is 14.5 Å². The fraction of sp³-hybridized carbons (Fsp3) is 0.267. The smallest absolute Gasteiger partial charge is 0.414 e. The third-order valence-corrected chi connectivity index (χ3v) is 3.47. The molecule has 2 amide bonds. The van der Waals surface area contributed by atoms with Crippen molar-refractivity contribution in [3.05, 3.63) is 29.9 Å². The summed E-state index contributed by atoms with van der Waals surface area (Å²) >= 11 is 0. The van der Waals surface area contributed by atoms with E-state index in [0.717, 1.165) is 6.07 Å². The molecule has 2 aromatic rings. The van der Waals surface area contributed by atoms with Crippen molar-refractivity contribution in [2.45, 2.75) is 13.0 Å². The van der Waals surface area contributed by atoms with Gasteiger partial charge in [-0.3, -0.25) is 9.69 Å². The predicted octanol–water partition coefficient (Wildman–Crippen LogP) is 1.21. The number of hydrogen-bond donors (Lipinski definition) is 1. The summed E-state index contributed by atoms with van der Waals surface area (Å²) in [6.45, 7) is 1.71. The van der Waals surface area contributed by atoms with E-state index in [2.05, 4.69) is 15.5 Å². The van der Waals surface area contributed by atoms with Crippen LogP contribution in [0.3, 0.4) is 0 Å². The number of benzene rings is 1. The quantitative estimate of drug-likeness (QED) is 0.884. The molecule has 0 spiro atoms.